The van der Waals surface area contributed by atoms with Crippen LogP contribution in [0, 0.1) is 0 Å². The molecule has 0 bridgehead atoms. The molecule has 0 heterocycles. The fourth-order valence-corrected chi connectivity index (χ4v) is 4.86. The van der Waals surface area contributed by atoms with Crippen LogP contribution in [0.3, 0.4) is 0 Å². The summed E-state index contributed by atoms with van der Waals surface area (Å²) >= 11 is 0. The minimum Gasteiger partial charge on any atom is -0.489 e. The van der Waals surface area contributed by atoms with Gasteiger partial charge in [0.1, 0.15) is 12.4 Å². The summed E-state index contributed by atoms with van der Waals surface area (Å²) in [4.78, 5) is 25.0. The van der Waals surface area contributed by atoms with Crippen molar-refractivity contribution >= 4 is 24.3 Å². The van der Waals surface area contributed by atoms with Gasteiger partial charge in [-0.2, -0.15) is 0 Å². The normalized spacial score (nSPS) is 10.7. The van der Waals surface area contributed by atoms with E-state index in [-0.39, 0.29) is 31.2 Å². The van der Waals surface area contributed by atoms with Crippen molar-refractivity contribution in [3.8, 4) is 16.9 Å². The first-order valence-electron chi connectivity index (χ1n) is 14.4. The van der Waals surface area contributed by atoms with E-state index in [2.05, 4.69) is 47.4 Å². The molecule has 0 aromatic heterocycles. The van der Waals surface area contributed by atoms with E-state index in [1.807, 2.05) is 60.7 Å². The summed E-state index contributed by atoms with van der Waals surface area (Å²) in [6.45, 7) is 2.84. The predicted octanol–water partition coefficient (Wildman–Crippen LogP) is 7.37. The molecule has 0 spiro atoms. The van der Waals surface area contributed by atoms with Gasteiger partial charge in [-0.3, -0.25) is 14.5 Å². The van der Waals surface area contributed by atoms with Gasteiger partial charge in [0.25, 0.3) is 0 Å². The zero-order valence-corrected chi connectivity index (χ0v) is 25.4. The molecule has 4 aromatic rings. The summed E-state index contributed by atoms with van der Waals surface area (Å²) in [7, 11) is 1.39. The Labute approximate surface area is 260 Å². The number of halogens is 1. The first-order valence-corrected chi connectivity index (χ1v) is 14.4. The summed E-state index contributed by atoms with van der Waals surface area (Å²) in [6, 6.07) is 35.0. The largest absolute Gasteiger partial charge is 0.489 e. The number of carboxylic acid groups (broad SMARTS) is 1. The third kappa shape index (κ3) is 11.2. The van der Waals surface area contributed by atoms with Crippen LogP contribution in [0.4, 0.5) is 0 Å². The number of aliphatic carboxylic acids is 1. The molecule has 0 saturated carbocycles. The van der Waals surface area contributed by atoms with E-state index >= 15 is 0 Å². The minimum atomic E-state index is -0.761. The molecular formula is C36H40ClNO5. The van der Waals surface area contributed by atoms with Gasteiger partial charge in [-0.15, -0.1) is 12.4 Å². The SMILES string of the molecule is COC(=O)Cc1ccc(CN(CCCCC(=O)O)CCc2ccccc2OCc2ccc(-c3ccccc3)cc2)cc1.Cl. The highest BCUT2D eigenvalue weighted by atomic mass is 35.5. The van der Waals surface area contributed by atoms with Crippen LogP contribution in [0.5, 0.6) is 5.75 Å². The Hall–Kier alpha value is -4.13. The topological polar surface area (TPSA) is 76.1 Å². The summed E-state index contributed by atoms with van der Waals surface area (Å²) < 4.78 is 11.0. The Balaban J connectivity index is 0.00000506. The lowest BCUT2D eigenvalue weighted by Crippen LogP contribution is -2.27. The van der Waals surface area contributed by atoms with Crippen LogP contribution in [0.25, 0.3) is 11.1 Å². The van der Waals surface area contributed by atoms with Crippen molar-refractivity contribution in [3.05, 3.63) is 125 Å². The molecule has 0 aliphatic heterocycles. The van der Waals surface area contributed by atoms with E-state index in [0.717, 1.165) is 60.5 Å². The van der Waals surface area contributed by atoms with E-state index in [1.165, 1.54) is 18.2 Å². The van der Waals surface area contributed by atoms with Gasteiger partial charge >= 0.3 is 11.9 Å². The van der Waals surface area contributed by atoms with E-state index in [1.54, 1.807) is 0 Å². The van der Waals surface area contributed by atoms with Crippen LogP contribution in [-0.4, -0.2) is 42.1 Å². The number of benzene rings is 4. The third-order valence-electron chi connectivity index (χ3n) is 7.25. The zero-order chi connectivity index (χ0) is 29.6. The number of ether oxygens (including phenoxy) is 2. The molecule has 226 valence electrons. The van der Waals surface area contributed by atoms with E-state index in [0.29, 0.717) is 13.0 Å². The zero-order valence-electron chi connectivity index (χ0n) is 24.6. The second kappa shape index (κ2) is 17.7. The van der Waals surface area contributed by atoms with Crippen molar-refractivity contribution < 1.29 is 24.2 Å². The Morgan fingerprint density at radius 3 is 2.05 bits per heavy atom. The molecule has 7 heteroatoms. The van der Waals surface area contributed by atoms with Gasteiger partial charge in [0.15, 0.2) is 0 Å². The number of esters is 1. The van der Waals surface area contributed by atoms with Crippen LogP contribution in [-0.2, 0) is 40.3 Å². The molecule has 0 amide bonds. The van der Waals surface area contributed by atoms with Gasteiger partial charge in [0.2, 0.25) is 0 Å². The maximum atomic E-state index is 11.6. The van der Waals surface area contributed by atoms with Crippen LogP contribution in [0.1, 0.15) is 41.5 Å². The summed E-state index contributed by atoms with van der Waals surface area (Å²) in [5.41, 5.74) is 6.69. The molecule has 0 unspecified atom stereocenters. The van der Waals surface area contributed by atoms with E-state index in [9.17, 15) is 9.59 Å². The molecular weight excluding hydrogens is 562 g/mol. The van der Waals surface area contributed by atoms with Gasteiger partial charge in [0.05, 0.1) is 13.5 Å². The number of rotatable bonds is 16. The van der Waals surface area contributed by atoms with Crippen molar-refractivity contribution in [1.29, 1.82) is 0 Å². The minimum absolute atomic E-state index is 0. The summed E-state index contributed by atoms with van der Waals surface area (Å²) in [5, 5.41) is 9.04. The average molecular weight is 602 g/mol. The van der Waals surface area contributed by atoms with Crippen molar-refractivity contribution in [2.75, 3.05) is 20.2 Å². The lowest BCUT2D eigenvalue weighted by molar-refractivity contribution is -0.140. The Kier molecular flexibility index (Phi) is 13.8. The lowest BCUT2D eigenvalue weighted by atomic mass is 10.0. The number of carbonyl (C=O) groups is 2. The highest BCUT2D eigenvalue weighted by molar-refractivity contribution is 5.85. The number of hydrogen-bond acceptors (Lipinski definition) is 5. The lowest BCUT2D eigenvalue weighted by Gasteiger charge is -2.23. The Bertz CT molecular complexity index is 1410. The molecule has 0 radical (unpaired) electrons. The molecule has 4 rings (SSSR count). The quantitative estimate of drug-likeness (QED) is 0.107. The summed E-state index contributed by atoms with van der Waals surface area (Å²) in [5.74, 6) is -0.140. The highest BCUT2D eigenvalue weighted by Gasteiger charge is 2.11. The van der Waals surface area contributed by atoms with Crippen molar-refractivity contribution in [1.82, 2.24) is 4.90 Å². The maximum Gasteiger partial charge on any atom is 0.309 e. The predicted molar refractivity (Wildman–Crippen MR) is 173 cm³/mol. The number of nitrogens with zero attached hydrogens (tertiary/aromatic N) is 1. The maximum absolute atomic E-state index is 11.6. The number of carbonyl (C=O) groups excluding carboxylic acids is 1. The first-order chi connectivity index (χ1) is 20.5. The van der Waals surface area contributed by atoms with Crippen LogP contribution >= 0.6 is 12.4 Å². The highest BCUT2D eigenvalue weighted by Crippen LogP contribution is 2.23. The molecule has 0 saturated heterocycles. The molecule has 6 nitrogen and oxygen atoms in total. The van der Waals surface area contributed by atoms with Gasteiger partial charge < -0.3 is 14.6 Å². The Morgan fingerprint density at radius 1 is 0.721 bits per heavy atom. The number of unbranched alkanes of at least 4 members (excludes halogenated alkanes) is 1. The third-order valence-corrected chi connectivity index (χ3v) is 7.25. The molecule has 0 atom stereocenters. The second-order valence-electron chi connectivity index (χ2n) is 10.4. The van der Waals surface area contributed by atoms with Gasteiger partial charge in [-0.05, 0) is 65.3 Å². The molecule has 0 aliphatic rings. The Morgan fingerprint density at radius 2 is 1.35 bits per heavy atom. The average Bonchev–Trinajstić information content (AvgIpc) is 3.02. The van der Waals surface area contributed by atoms with Crippen LogP contribution in [0.15, 0.2) is 103 Å². The van der Waals surface area contributed by atoms with Crippen molar-refractivity contribution in [3.63, 3.8) is 0 Å². The van der Waals surface area contributed by atoms with E-state index in [4.69, 9.17) is 14.6 Å². The number of methoxy groups -OCH3 is 1. The van der Waals surface area contributed by atoms with Crippen LogP contribution in [0.2, 0.25) is 0 Å². The smallest absolute Gasteiger partial charge is 0.309 e. The molecule has 1 N–H and O–H groups in total. The van der Waals surface area contributed by atoms with Crippen molar-refractivity contribution in [2.24, 2.45) is 0 Å². The standard InChI is InChI=1S/C36H39NO5.ClH/c1-41-36(40)25-28-14-16-29(17-15-28)26-37(23-8-7-13-35(38)39)24-22-33-11-5-6-12-34(33)42-27-30-18-20-32(21-19-30)31-9-3-2-4-10-31;/h2-6,9-12,14-21H,7-8,13,22-27H2,1H3,(H,38,39);1H. The van der Waals surface area contributed by atoms with Crippen molar-refractivity contribution in [2.45, 2.75) is 45.3 Å². The molecule has 43 heavy (non-hydrogen) atoms. The monoisotopic (exact) mass is 601 g/mol. The van der Waals surface area contributed by atoms with Gasteiger partial charge in [-0.1, -0.05) is 97.1 Å². The first kappa shape index (κ1) is 33.4. The van der Waals surface area contributed by atoms with E-state index < -0.39 is 5.97 Å². The summed E-state index contributed by atoms with van der Waals surface area (Å²) in [6.07, 6.45) is 2.70. The fraction of sp³-hybridized carbons (Fsp3) is 0.278. The number of carboxylic acids is 1. The molecule has 4 aromatic carbocycles. The van der Waals surface area contributed by atoms with Gasteiger partial charge in [-0.25, -0.2) is 0 Å². The number of hydrogen-bond donors (Lipinski definition) is 1. The van der Waals surface area contributed by atoms with Crippen LogP contribution < -0.4 is 4.74 Å². The fourth-order valence-electron chi connectivity index (χ4n) is 4.86. The number of para-hydroxylation sites is 1. The molecule has 0 aliphatic carbocycles. The second-order valence-corrected chi connectivity index (χ2v) is 10.4. The molecule has 0 fully saturated rings. The van der Waals surface area contributed by atoms with Gasteiger partial charge in [0, 0.05) is 19.5 Å².